The van der Waals surface area contributed by atoms with Crippen molar-refractivity contribution in [3.05, 3.63) is 69.8 Å². The summed E-state index contributed by atoms with van der Waals surface area (Å²) in [5.74, 6) is 0.0332. The fraction of sp³-hybridized carbons (Fsp3) is 0.263. The number of hydrogen-bond donors (Lipinski definition) is 1. The van der Waals surface area contributed by atoms with Crippen molar-refractivity contribution >= 4 is 16.8 Å². The zero-order chi connectivity index (χ0) is 17.8. The number of pyridine rings is 1. The van der Waals surface area contributed by atoms with Gasteiger partial charge in [-0.25, -0.2) is 5.10 Å². The van der Waals surface area contributed by atoms with Crippen LogP contribution in [0.15, 0.2) is 47.4 Å². The van der Waals surface area contributed by atoms with E-state index in [4.69, 9.17) is 0 Å². The third-order valence-electron chi connectivity index (χ3n) is 4.24. The molecule has 0 aliphatic heterocycles. The van der Waals surface area contributed by atoms with Crippen molar-refractivity contribution in [3.63, 3.8) is 0 Å². The van der Waals surface area contributed by atoms with E-state index in [2.05, 4.69) is 15.2 Å². The highest BCUT2D eigenvalue weighted by molar-refractivity contribution is 5.94. The van der Waals surface area contributed by atoms with E-state index < -0.39 is 0 Å². The molecule has 0 unspecified atom stereocenters. The van der Waals surface area contributed by atoms with Gasteiger partial charge in [-0.15, -0.1) is 0 Å². The quantitative estimate of drug-likeness (QED) is 0.776. The van der Waals surface area contributed by atoms with Crippen LogP contribution in [0.1, 0.15) is 35.5 Å². The Morgan fingerprint density at radius 2 is 1.84 bits per heavy atom. The highest BCUT2D eigenvalue weighted by atomic mass is 16.2. The lowest BCUT2D eigenvalue weighted by Crippen LogP contribution is -2.30. The van der Waals surface area contributed by atoms with Crippen molar-refractivity contribution in [3.8, 4) is 0 Å². The molecule has 0 saturated heterocycles. The predicted octanol–water partition coefficient (Wildman–Crippen LogP) is 2.39. The molecular formula is C19H20N4O2. The van der Waals surface area contributed by atoms with E-state index >= 15 is 0 Å². The molecule has 25 heavy (non-hydrogen) atoms. The van der Waals surface area contributed by atoms with Gasteiger partial charge in [-0.2, -0.15) is 5.10 Å². The maximum absolute atomic E-state index is 12.4. The van der Waals surface area contributed by atoms with E-state index in [1.54, 1.807) is 23.2 Å². The Labute approximate surface area is 145 Å². The number of aromatic nitrogens is 3. The van der Waals surface area contributed by atoms with Gasteiger partial charge in [0, 0.05) is 31.3 Å². The van der Waals surface area contributed by atoms with Gasteiger partial charge in [0.25, 0.3) is 11.5 Å². The monoisotopic (exact) mass is 336 g/mol. The van der Waals surface area contributed by atoms with Crippen LogP contribution in [0, 0.1) is 0 Å². The van der Waals surface area contributed by atoms with Crippen LogP contribution in [-0.2, 0) is 6.42 Å². The minimum absolute atomic E-state index is 0.0332. The Balaban J connectivity index is 1.87. The maximum Gasteiger partial charge on any atom is 0.273 e. The summed E-state index contributed by atoms with van der Waals surface area (Å²) in [6.45, 7) is 5.32. The number of fused-ring (bicyclic) bond motifs is 1. The van der Waals surface area contributed by atoms with Gasteiger partial charge >= 0.3 is 0 Å². The van der Waals surface area contributed by atoms with Gasteiger partial charge in [0.05, 0.1) is 16.6 Å². The van der Waals surface area contributed by atoms with Crippen LogP contribution in [0.4, 0.5) is 0 Å². The zero-order valence-corrected chi connectivity index (χ0v) is 14.3. The van der Waals surface area contributed by atoms with Crippen LogP contribution in [0.2, 0.25) is 0 Å². The molecule has 6 nitrogen and oxygen atoms in total. The minimum Gasteiger partial charge on any atom is -0.339 e. The van der Waals surface area contributed by atoms with Gasteiger partial charge in [0.15, 0.2) is 0 Å². The first-order valence-corrected chi connectivity index (χ1v) is 8.34. The number of aromatic amines is 1. The van der Waals surface area contributed by atoms with Crippen LogP contribution in [-0.4, -0.2) is 39.1 Å². The molecule has 0 spiro atoms. The Bertz CT molecular complexity index is 944. The highest BCUT2D eigenvalue weighted by Crippen LogP contribution is 2.15. The number of benzene rings is 1. The van der Waals surface area contributed by atoms with Crippen LogP contribution in [0.3, 0.4) is 0 Å². The maximum atomic E-state index is 12.4. The summed E-state index contributed by atoms with van der Waals surface area (Å²) < 4.78 is 0. The lowest BCUT2D eigenvalue weighted by atomic mass is 10.1. The summed E-state index contributed by atoms with van der Waals surface area (Å²) in [4.78, 5) is 30.2. The Morgan fingerprint density at radius 1 is 1.12 bits per heavy atom. The molecule has 2 aromatic heterocycles. The molecule has 0 saturated carbocycles. The first-order chi connectivity index (χ1) is 12.1. The smallest absolute Gasteiger partial charge is 0.273 e. The van der Waals surface area contributed by atoms with Crippen molar-refractivity contribution in [2.75, 3.05) is 13.1 Å². The number of carbonyl (C=O) groups excluding carboxylic acids is 1. The Morgan fingerprint density at radius 3 is 2.52 bits per heavy atom. The molecule has 6 heteroatoms. The van der Waals surface area contributed by atoms with E-state index in [0.29, 0.717) is 41.7 Å². The van der Waals surface area contributed by atoms with Crippen molar-refractivity contribution in [1.29, 1.82) is 0 Å². The molecule has 3 rings (SSSR count). The van der Waals surface area contributed by atoms with Gasteiger partial charge in [0.1, 0.15) is 0 Å². The molecule has 1 N–H and O–H groups in total. The average Bonchev–Trinajstić information content (AvgIpc) is 2.66. The van der Waals surface area contributed by atoms with Crippen LogP contribution in [0.5, 0.6) is 0 Å². The first kappa shape index (κ1) is 16.8. The van der Waals surface area contributed by atoms with Crippen molar-refractivity contribution in [2.24, 2.45) is 0 Å². The van der Waals surface area contributed by atoms with Gasteiger partial charge in [-0.1, -0.05) is 12.1 Å². The lowest BCUT2D eigenvalue weighted by Gasteiger charge is -2.18. The Kier molecular flexibility index (Phi) is 4.88. The van der Waals surface area contributed by atoms with E-state index in [1.165, 1.54) is 0 Å². The number of rotatable bonds is 5. The number of nitrogens with one attached hydrogen (secondary N) is 1. The molecule has 128 valence electrons. The van der Waals surface area contributed by atoms with Crippen LogP contribution >= 0.6 is 0 Å². The SMILES string of the molecule is CCN(CC)C(=O)c1ccc(Cc2n[nH]c(=O)c3cccnc23)cc1. The molecule has 3 aromatic rings. The number of nitrogens with zero attached hydrogens (tertiary/aromatic N) is 3. The van der Waals surface area contributed by atoms with Crippen LogP contribution < -0.4 is 5.56 Å². The molecule has 0 aliphatic carbocycles. The third kappa shape index (κ3) is 3.42. The lowest BCUT2D eigenvalue weighted by molar-refractivity contribution is 0.0773. The summed E-state index contributed by atoms with van der Waals surface area (Å²) in [5, 5.41) is 7.18. The summed E-state index contributed by atoms with van der Waals surface area (Å²) in [5.41, 5.74) is 2.74. The summed E-state index contributed by atoms with van der Waals surface area (Å²) in [6.07, 6.45) is 2.18. The van der Waals surface area contributed by atoms with Crippen LogP contribution in [0.25, 0.3) is 10.9 Å². The fourth-order valence-electron chi connectivity index (χ4n) is 2.83. The first-order valence-electron chi connectivity index (χ1n) is 8.34. The molecule has 0 fully saturated rings. The molecule has 2 heterocycles. The van der Waals surface area contributed by atoms with E-state index in [9.17, 15) is 9.59 Å². The van der Waals surface area contributed by atoms with E-state index in [1.807, 2.05) is 38.1 Å². The molecule has 1 aromatic carbocycles. The zero-order valence-electron chi connectivity index (χ0n) is 14.3. The third-order valence-corrected chi connectivity index (χ3v) is 4.24. The number of hydrogen-bond acceptors (Lipinski definition) is 4. The normalized spacial score (nSPS) is 10.8. The molecular weight excluding hydrogens is 316 g/mol. The number of amides is 1. The highest BCUT2D eigenvalue weighted by Gasteiger charge is 2.13. The second kappa shape index (κ2) is 7.25. The molecule has 0 aliphatic rings. The average molecular weight is 336 g/mol. The number of carbonyl (C=O) groups is 1. The molecule has 1 amide bonds. The summed E-state index contributed by atoms with van der Waals surface area (Å²) >= 11 is 0. The second-order valence-electron chi connectivity index (χ2n) is 5.75. The van der Waals surface area contributed by atoms with Gasteiger partial charge in [-0.3, -0.25) is 14.6 Å². The largest absolute Gasteiger partial charge is 0.339 e. The fourth-order valence-corrected chi connectivity index (χ4v) is 2.83. The van der Waals surface area contributed by atoms with Crippen molar-refractivity contribution < 1.29 is 4.79 Å². The standard InChI is InChI=1S/C19H20N4O2/c1-3-23(4-2)19(25)14-9-7-13(8-10-14)12-16-17-15(6-5-11-20-17)18(24)22-21-16/h5-11H,3-4,12H2,1-2H3,(H,22,24). The molecule has 0 atom stereocenters. The van der Waals surface area contributed by atoms with Crippen molar-refractivity contribution in [1.82, 2.24) is 20.1 Å². The topological polar surface area (TPSA) is 79.0 Å². The summed E-state index contributed by atoms with van der Waals surface area (Å²) in [7, 11) is 0. The predicted molar refractivity (Wildman–Crippen MR) is 96.7 cm³/mol. The van der Waals surface area contributed by atoms with E-state index in [0.717, 1.165) is 5.56 Å². The van der Waals surface area contributed by atoms with E-state index in [-0.39, 0.29) is 11.5 Å². The second-order valence-corrected chi connectivity index (χ2v) is 5.75. The molecule has 0 radical (unpaired) electrons. The van der Waals surface area contributed by atoms with Gasteiger partial charge in [-0.05, 0) is 43.7 Å². The summed E-state index contributed by atoms with van der Waals surface area (Å²) in [6, 6.07) is 11.0. The minimum atomic E-state index is -0.244. The van der Waals surface area contributed by atoms with Gasteiger partial charge < -0.3 is 4.90 Å². The van der Waals surface area contributed by atoms with Gasteiger partial charge in [0.2, 0.25) is 0 Å². The Hall–Kier alpha value is -3.02. The number of H-pyrrole nitrogens is 1. The molecule has 0 bridgehead atoms. The van der Waals surface area contributed by atoms with Crippen molar-refractivity contribution in [2.45, 2.75) is 20.3 Å².